The van der Waals surface area contributed by atoms with Crippen molar-refractivity contribution >= 4 is 17.4 Å². The minimum absolute atomic E-state index is 0.332. The molecule has 1 fully saturated rings. The van der Waals surface area contributed by atoms with Gasteiger partial charge < -0.3 is 4.90 Å². The van der Waals surface area contributed by atoms with Crippen LogP contribution in [-0.4, -0.2) is 10.7 Å². The lowest BCUT2D eigenvalue weighted by Crippen LogP contribution is -2.45. The van der Waals surface area contributed by atoms with Gasteiger partial charge in [0.25, 0.3) is 0 Å². The van der Waals surface area contributed by atoms with Crippen LogP contribution in [0.15, 0.2) is 77.1 Å². The smallest absolute Gasteiger partial charge is 0.112 e. The standard InChI is InChI=1S/C23H27ClN2/c1-3-4-7-10-18(2)25-23-17-22(19-13-15-20(24)16-14-19)26(23)21-11-8-5-6-9-12-21/h4,7-8,10-16,22H,3,5-6,9,17H2,1-2H3/b7-4-,18-10+,25-23+. The van der Waals surface area contributed by atoms with Crippen molar-refractivity contribution in [2.24, 2.45) is 4.99 Å². The second-order valence-corrected chi connectivity index (χ2v) is 7.21. The summed E-state index contributed by atoms with van der Waals surface area (Å²) in [5, 5.41) is 0.781. The quantitative estimate of drug-likeness (QED) is 0.513. The van der Waals surface area contributed by atoms with E-state index in [9.17, 15) is 0 Å². The maximum absolute atomic E-state index is 6.07. The Bertz CT molecular complexity index is 766. The van der Waals surface area contributed by atoms with Gasteiger partial charge in [0, 0.05) is 22.8 Å². The maximum atomic E-state index is 6.07. The first kappa shape index (κ1) is 18.7. The van der Waals surface area contributed by atoms with Crippen LogP contribution in [0.2, 0.25) is 5.02 Å². The number of rotatable bonds is 5. The van der Waals surface area contributed by atoms with Crippen LogP contribution in [-0.2, 0) is 0 Å². The molecule has 0 spiro atoms. The Kier molecular flexibility index (Phi) is 6.51. The van der Waals surface area contributed by atoms with Crippen LogP contribution in [0.5, 0.6) is 0 Å². The second-order valence-electron chi connectivity index (χ2n) is 6.78. The van der Waals surface area contributed by atoms with Gasteiger partial charge in [0.05, 0.1) is 6.04 Å². The van der Waals surface area contributed by atoms with Gasteiger partial charge in [-0.2, -0.15) is 0 Å². The number of hydrogen-bond donors (Lipinski definition) is 0. The largest absolute Gasteiger partial charge is 0.322 e. The van der Waals surface area contributed by atoms with Crippen molar-refractivity contribution in [1.82, 2.24) is 4.90 Å². The minimum Gasteiger partial charge on any atom is -0.322 e. The monoisotopic (exact) mass is 366 g/mol. The highest BCUT2D eigenvalue weighted by Crippen LogP contribution is 2.40. The number of aliphatic imine (C=N–C) groups is 1. The Labute approximate surface area is 162 Å². The van der Waals surface area contributed by atoms with Crippen LogP contribution in [0, 0.1) is 0 Å². The molecule has 1 aliphatic heterocycles. The summed E-state index contributed by atoms with van der Waals surface area (Å²) in [5.74, 6) is 1.14. The molecule has 1 atom stereocenters. The zero-order chi connectivity index (χ0) is 18.4. The maximum Gasteiger partial charge on any atom is 0.112 e. The highest BCUT2D eigenvalue weighted by atomic mass is 35.5. The summed E-state index contributed by atoms with van der Waals surface area (Å²) in [6.07, 6.45) is 18.7. The number of nitrogens with zero attached hydrogens (tertiary/aromatic N) is 2. The number of likely N-dealkylation sites (tertiary alicyclic amines) is 1. The van der Waals surface area contributed by atoms with E-state index in [-0.39, 0.29) is 0 Å². The van der Waals surface area contributed by atoms with Gasteiger partial charge in [0.2, 0.25) is 0 Å². The summed E-state index contributed by atoms with van der Waals surface area (Å²) < 4.78 is 0. The summed E-state index contributed by atoms with van der Waals surface area (Å²) in [5.41, 5.74) is 3.60. The van der Waals surface area contributed by atoms with Crippen molar-refractivity contribution in [3.05, 3.63) is 82.7 Å². The molecule has 1 heterocycles. The predicted octanol–water partition coefficient (Wildman–Crippen LogP) is 6.98. The molecule has 0 aromatic heterocycles. The molecular weight excluding hydrogens is 340 g/mol. The fraction of sp³-hybridized carbons (Fsp3) is 0.348. The number of amidine groups is 1. The molecule has 1 aliphatic carbocycles. The van der Waals surface area contributed by atoms with Crippen LogP contribution in [0.3, 0.4) is 0 Å². The molecule has 136 valence electrons. The molecule has 1 aromatic carbocycles. The van der Waals surface area contributed by atoms with E-state index in [1.54, 1.807) is 0 Å². The van der Waals surface area contributed by atoms with Crippen LogP contribution in [0.4, 0.5) is 0 Å². The molecule has 26 heavy (non-hydrogen) atoms. The van der Waals surface area contributed by atoms with Gasteiger partial charge in [0.1, 0.15) is 5.84 Å². The number of halogens is 1. The lowest BCUT2D eigenvalue weighted by Gasteiger charge is -2.45. The van der Waals surface area contributed by atoms with E-state index in [0.717, 1.165) is 42.2 Å². The Hall–Kier alpha value is -2.06. The van der Waals surface area contributed by atoms with Crippen molar-refractivity contribution in [3.63, 3.8) is 0 Å². The molecule has 3 rings (SSSR count). The molecule has 1 saturated heterocycles. The van der Waals surface area contributed by atoms with Crippen molar-refractivity contribution in [1.29, 1.82) is 0 Å². The molecular formula is C23H27ClN2. The van der Waals surface area contributed by atoms with E-state index < -0.39 is 0 Å². The first-order valence-corrected chi connectivity index (χ1v) is 9.89. The fourth-order valence-corrected chi connectivity index (χ4v) is 3.46. The zero-order valence-corrected chi connectivity index (χ0v) is 16.4. The highest BCUT2D eigenvalue weighted by molar-refractivity contribution is 6.30. The summed E-state index contributed by atoms with van der Waals surface area (Å²) in [6.45, 7) is 4.21. The van der Waals surface area contributed by atoms with Gasteiger partial charge in [-0.3, -0.25) is 0 Å². The SMILES string of the molecule is CC\C=C/C=C(C)/N=C1\CC(c2ccc(Cl)cc2)N1C1=CCCCC=C1. The van der Waals surface area contributed by atoms with Gasteiger partial charge in [0.15, 0.2) is 0 Å². The molecule has 2 aliphatic rings. The third-order valence-electron chi connectivity index (χ3n) is 4.73. The van der Waals surface area contributed by atoms with Crippen molar-refractivity contribution in [3.8, 4) is 0 Å². The molecule has 1 aromatic rings. The van der Waals surface area contributed by atoms with Crippen LogP contribution < -0.4 is 0 Å². The zero-order valence-electron chi connectivity index (χ0n) is 15.7. The summed E-state index contributed by atoms with van der Waals surface area (Å²) in [4.78, 5) is 7.27. The molecule has 1 unspecified atom stereocenters. The first-order valence-electron chi connectivity index (χ1n) is 9.51. The van der Waals surface area contributed by atoms with Crippen LogP contribution >= 0.6 is 11.6 Å². The molecule has 0 radical (unpaired) electrons. The molecule has 3 heteroatoms. The highest BCUT2D eigenvalue weighted by Gasteiger charge is 2.37. The Morgan fingerprint density at radius 2 is 2.08 bits per heavy atom. The Morgan fingerprint density at radius 3 is 2.85 bits per heavy atom. The van der Waals surface area contributed by atoms with Crippen molar-refractivity contribution in [2.45, 2.75) is 52.0 Å². The van der Waals surface area contributed by atoms with E-state index in [4.69, 9.17) is 16.6 Å². The number of allylic oxidation sites excluding steroid dienone is 7. The lowest BCUT2D eigenvalue weighted by atomic mass is 9.92. The van der Waals surface area contributed by atoms with Gasteiger partial charge in [-0.25, -0.2) is 4.99 Å². The van der Waals surface area contributed by atoms with Gasteiger partial charge >= 0.3 is 0 Å². The summed E-state index contributed by atoms with van der Waals surface area (Å²) >= 11 is 6.07. The van der Waals surface area contributed by atoms with Gasteiger partial charge in [-0.15, -0.1) is 0 Å². The van der Waals surface area contributed by atoms with Gasteiger partial charge in [-0.05, 0) is 62.5 Å². The first-order chi connectivity index (χ1) is 12.7. The fourth-order valence-electron chi connectivity index (χ4n) is 3.33. The number of benzene rings is 1. The van der Waals surface area contributed by atoms with Crippen molar-refractivity contribution < 1.29 is 0 Å². The minimum atomic E-state index is 0.332. The Morgan fingerprint density at radius 1 is 1.27 bits per heavy atom. The Balaban J connectivity index is 1.88. The van der Waals surface area contributed by atoms with Gasteiger partial charge in [-0.1, -0.05) is 55.0 Å². The van der Waals surface area contributed by atoms with E-state index >= 15 is 0 Å². The molecule has 2 nitrogen and oxygen atoms in total. The van der Waals surface area contributed by atoms with Crippen LogP contribution in [0.25, 0.3) is 0 Å². The third kappa shape index (κ3) is 4.56. The van der Waals surface area contributed by atoms with Crippen molar-refractivity contribution in [2.75, 3.05) is 0 Å². The van der Waals surface area contributed by atoms with E-state index in [1.807, 2.05) is 12.1 Å². The molecule has 0 amide bonds. The average molecular weight is 367 g/mol. The lowest BCUT2D eigenvalue weighted by molar-refractivity contribution is 0.316. The van der Waals surface area contributed by atoms with E-state index in [1.165, 1.54) is 17.7 Å². The normalized spacial score (nSPS) is 22.5. The summed E-state index contributed by atoms with van der Waals surface area (Å²) in [6, 6.07) is 8.54. The molecule has 0 saturated carbocycles. The third-order valence-corrected chi connectivity index (χ3v) is 4.98. The molecule has 0 N–H and O–H groups in total. The van der Waals surface area contributed by atoms with E-state index in [2.05, 4.69) is 67.3 Å². The second kappa shape index (κ2) is 9.05. The topological polar surface area (TPSA) is 15.6 Å². The van der Waals surface area contributed by atoms with Crippen LogP contribution in [0.1, 0.15) is 57.6 Å². The average Bonchev–Trinajstić information content (AvgIpc) is 2.89. The molecule has 0 bridgehead atoms. The summed E-state index contributed by atoms with van der Waals surface area (Å²) in [7, 11) is 0. The predicted molar refractivity (Wildman–Crippen MR) is 112 cm³/mol. The number of hydrogen-bond acceptors (Lipinski definition) is 1. The van der Waals surface area contributed by atoms with E-state index in [0.29, 0.717) is 6.04 Å².